The van der Waals surface area contributed by atoms with E-state index in [9.17, 15) is 8.42 Å². The molecule has 5 nitrogen and oxygen atoms in total. The molecule has 0 bridgehead atoms. The molecule has 90 valence electrons. The van der Waals surface area contributed by atoms with Crippen LogP contribution in [0.15, 0.2) is 29.4 Å². The lowest BCUT2D eigenvalue weighted by Crippen LogP contribution is -2.31. The molecule has 0 unspecified atom stereocenters. The predicted octanol–water partition coefficient (Wildman–Crippen LogP) is 1.17. The molecule has 0 radical (unpaired) electrons. The molecule has 0 spiro atoms. The van der Waals surface area contributed by atoms with Gasteiger partial charge in [0.15, 0.2) is 11.4 Å². The molecule has 1 aromatic rings. The van der Waals surface area contributed by atoms with E-state index < -0.39 is 21.5 Å². The van der Waals surface area contributed by atoms with E-state index in [0.717, 1.165) is 0 Å². The van der Waals surface area contributed by atoms with Crippen LogP contribution in [0.5, 0.6) is 0 Å². The second-order valence-electron chi connectivity index (χ2n) is 3.80. The number of halogens is 1. The Bertz CT molecular complexity index is 598. The van der Waals surface area contributed by atoms with E-state index in [1.54, 1.807) is 24.3 Å². The summed E-state index contributed by atoms with van der Waals surface area (Å²) < 4.78 is 28.1. The molecule has 0 aromatic heterocycles. The van der Waals surface area contributed by atoms with Gasteiger partial charge in [-0.2, -0.15) is 8.42 Å². The fourth-order valence-corrected chi connectivity index (χ4v) is 3.60. The molecule has 2 atom stereocenters. The molecule has 2 aliphatic heterocycles. The molecule has 1 fully saturated rings. The summed E-state index contributed by atoms with van der Waals surface area (Å²) in [6, 6.07) is 6.91. The Morgan fingerprint density at radius 3 is 2.88 bits per heavy atom. The van der Waals surface area contributed by atoms with Crippen molar-refractivity contribution in [3.05, 3.63) is 34.9 Å². The van der Waals surface area contributed by atoms with E-state index in [1.807, 2.05) is 0 Å². The van der Waals surface area contributed by atoms with Gasteiger partial charge in [-0.25, -0.2) is 0 Å². The van der Waals surface area contributed by atoms with Crippen LogP contribution in [0.25, 0.3) is 0 Å². The topological polar surface area (TPSA) is 65.0 Å². The van der Waals surface area contributed by atoms with Crippen LogP contribution in [0.4, 0.5) is 0 Å². The molecule has 0 N–H and O–H groups in total. The van der Waals surface area contributed by atoms with Gasteiger partial charge in [0.2, 0.25) is 0 Å². The summed E-state index contributed by atoms with van der Waals surface area (Å²) in [4.78, 5) is 5.06. The minimum Gasteiger partial charge on any atom is -0.388 e. The van der Waals surface area contributed by atoms with Crippen molar-refractivity contribution in [2.75, 3.05) is 6.61 Å². The van der Waals surface area contributed by atoms with Crippen molar-refractivity contribution in [2.24, 2.45) is 5.16 Å². The van der Waals surface area contributed by atoms with Gasteiger partial charge >= 0.3 is 0 Å². The molecular formula is C10H8ClNO4S. The zero-order chi connectivity index (χ0) is 12.0. The summed E-state index contributed by atoms with van der Waals surface area (Å²) in [6.45, 7) is 0.00442. The van der Waals surface area contributed by atoms with E-state index in [2.05, 4.69) is 5.16 Å². The highest BCUT2D eigenvalue weighted by molar-refractivity contribution is 7.88. The molecule has 0 amide bonds. The first kappa shape index (κ1) is 11.0. The average molecular weight is 274 g/mol. The third-order valence-corrected chi connectivity index (χ3v) is 4.69. The largest absolute Gasteiger partial charge is 0.388 e. The number of hydrogen-bond donors (Lipinski definition) is 0. The van der Waals surface area contributed by atoms with Crippen LogP contribution < -0.4 is 0 Å². The highest BCUT2D eigenvalue weighted by atomic mass is 35.5. The standard InChI is InChI=1S/C10H8ClNO4S/c11-7-4-2-1-3-6(7)9-10-8(16-12-9)5-15-17(10,13)14/h1-4,8,10H,5H2/t8-,10+/m1/s1. The van der Waals surface area contributed by atoms with Crippen LogP contribution in [-0.2, 0) is 19.1 Å². The first-order valence-corrected chi connectivity index (χ1v) is 6.81. The van der Waals surface area contributed by atoms with Gasteiger partial charge < -0.3 is 4.84 Å². The number of oxime groups is 1. The van der Waals surface area contributed by atoms with Gasteiger partial charge in [-0.1, -0.05) is 35.0 Å². The van der Waals surface area contributed by atoms with Crippen LogP contribution in [0.3, 0.4) is 0 Å². The van der Waals surface area contributed by atoms with Crippen LogP contribution >= 0.6 is 11.6 Å². The highest BCUT2D eigenvalue weighted by Gasteiger charge is 2.51. The maximum atomic E-state index is 11.7. The van der Waals surface area contributed by atoms with E-state index in [1.165, 1.54) is 0 Å². The third kappa shape index (κ3) is 1.64. The first-order valence-electron chi connectivity index (χ1n) is 4.96. The van der Waals surface area contributed by atoms with Gasteiger partial charge in [0, 0.05) is 10.6 Å². The maximum absolute atomic E-state index is 11.7. The number of benzene rings is 1. The van der Waals surface area contributed by atoms with Gasteiger partial charge in [-0.05, 0) is 6.07 Å². The second-order valence-corrected chi connectivity index (χ2v) is 5.93. The molecule has 2 aliphatic rings. The van der Waals surface area contributed by atoms with Crippen molar-refractivity contribution < 1.29 is 17.4 Å². The predicted molar refractivity (Wildman–Crippen MR) is 61.5 cm³/mol. The zero-order valence-corrected chi connectivity index (χ0v) is 10.1. The summed E-state index contributed by atoms with van der Waals surface area (Å²) >= 11 is 6.02. The van der Waals surface area contributed by atoms with Crippen molar-refractivity contribution in [3.8, 4) is 0 Å². The molecule has 17 heavy (non-hydrogen) atoms. The van der Waals surface area contributed by atoms with Gasteiger partial charge in [0.25, 0.3) is 10.1 Å². The SMILES string of the molecule is O=S1(=O)OC[C@H]2ON=C(c3ccccc3Cl)[C@H]21. The summed E-state index contributed by atoms with van der Waals surface area (Å²) in [7, 11) is -3.65. The Balaban J connectivity index is 2.09. The molecule has 0 saturated carbocycles. The van der Waals surface area contributed by atoms with Crippen LogP contribution in [0.2, 0.25) is 5.02 Å². The van der Waals surface area contributed by atoms with Gasteiger partial charge in [-0.3, -0.25) is 4.18 Å². The third-order valence-electron chi connectivity index (χ3n) is 2.75. The lowest BCUT2D eigenvalue weighted by molar-refractivity contribution is 0.0683. The molecular weight excluding hydrogens is 266 g/mol. The summed E-state index contributed by atoms with van der Waals surface area (Å²) in [5, 5.41) is 3.39. The Kier molecular flexibility index (Phi) is 2.39. The highest BCUT2D eigenvalue weighted by Crippen LogP contribution is 2.32. The van der Waals surface area contributed by atoms with Crippen molar-refractivity contribution in [3.63, 3.8) is 0 Å². The lowest BCUT2D eigenvalue weighted by Gasteiger charge is -2.07. The Labute approximate surface area is 103 Å². The van der Waals surface area contributed by atoms with Crippen molar-refractivity contribution in [1.82, 2.24) is 0 Å². The lowest BCUT2D eigenvalue weighted by atomic mass is 10.0. The number of nitrogens with zero attached hydrogens (tertiary/aromatic N) is 1. The van der Waals surface area contributed by atoms with Crippen LogP contribution in [0.1, 0.15) is 5.56 Å². The minimum absolute atomic E-state index is 0.00442. The van der Waals surface area contributed by atoms with E-state index in [0.29, 0.717) is 16.3 Å². The second kappa shape index (κ2) is 3.69. The van der Waals surface area contributed by atoms with Gasteiger partial charge in [-0.15, -0.1) is 0 Å². The van der Waals surface area contributed by atoms with Gasteiger partial charge in [0.1, 0.15) is 12.3 Å². The molecule has 1 aromatic carbocycles. The fourth-order valence-electron chi connectivity index (χ4n) is 1.95. The van der Waals surface area contributed by atoms with Crippen LogP contribution in [0, 0.1) is 0 Å². The normalized spacial score (nSPS) is 29.6. The summed E-state index contributed by atoms with van der Waals surface area (Å²) in [5.41, 5.74) is 0.883. The fraction of sp³-hybridized carbons (Fsp3) is 0.300. The molecule has 3 rings (SSSR count). The van der Waals surface area contributed by atoms with Crippen molar-refractivity contribution >= 4 is 27.4 Å². The van der Waals surface area contributed by atoms with E-state index in [4.69, 9.17) is 20.6 Å². The monoisotopic (exact) mass is 273 g/mol. The quantitative estimate of drug-likeness (QED) is 0.721. The Morgan fingerprint density at radius 2 is 2.12 bits per heavy atom. The molecule has 1 saturated heterocycles. The van der Waals surface area contributed by atoms with Crippen LogP contribution in [-0.4, -0.2) is 32.1 Å². The smallest absolute Gasteiger partial charge is 0.280 e. The van der Waals surface area contributed by atoms with E-state index in [-0.39, 0.29) is 6.61 Å². The van der Waals surface area contributed by atoms with Gasteiger partial charge in [0.05, 0.1) is 0 Å². The van der Waals surface area contributed by atoms with Crippen molar-refractivity contribution in [1.29, 1.82) is 0 Å². The minimum atomic E-state index is -3.65. The zero-order valence-electron chi connectivity index (χ0n) is 8.54. The Hall–Kier alpha value is -1.11. The number of rotatable bonds is 1. The molecule has 0 aliphatic carbocycles. The number of hydrogen-bond acceptors (Lipinski definition) is 5. The first-order chi connectivity index (χ1) is 8.09. The van der Waals surface area contributed by atoms with Crippen molar-refractivity contribution in [2.45, 2.75) is 11.4 Å². The number of fused-ring (bicyclic) bond motifs is 1. The molecule has 7 heteroatoms. The Morgan fingerprint density at radius 1 is 1.35 bits per heavy atom. The average Bonchev–Trinajstić information content (AvgIpc) is 2.82. The molecule has 2 heterocycles. The summed E-state index contributed by atoms with van der Waals surface area (Å²) in [5.74, 6) is 0. The van der Waals surface area contributed by atoms with E-state index >= 15 is 0 Å². The maximum Gasteiger partial charge on any atom is 0.280 e. The summed E-state index contributed by atoms with van der Waals surface area (Å²) in [6.07, 6.45) is -0.564.